The highest BCUT2D eigenvalue weighted by Crippen LogP contribution is 2.69. The van der Waals surface area contributed by atoms with Crippen molar-refractivity contribution in [2.24, 2.45) is 17.3 Å². The summed E-state index contributed by atoms with van der Waals surface area (Å²) in [5.41, 5.74) is -12.5. The van der Waals surface area contributed by atoms with E-state index in [0.717, 1.165) is 34.6 Å². The third-order valence-electron chi connectivity index (χ3n) is 11.7. The van der Waals surface area contributed by atoms with Gasteiger partial charge in [0.2, 0.25) is 5.60 Å². The minimum absolute atomic E-state index is 0.0520. The normalized spacial score (nSPS) is 38.6. The minimum atomic E-state index is -2.85. The van der Waals surface area contributed by atoms with E-state index in [1.54, 1.807) is 6.92 Å². The van der Waals surface area contributed by atoms with Gasteiger partial charge in [0.1, 0.15) is 47.6 Å². The van der Waals surface area contributed by atoms with Crippen LogP contribution in [-0.4, -0.2) is 134 Å². The van der Waals surface area contributed by atoms with Crippen LogP contribution in [0.4, 0.5) is 0 Å². The lowest BCUT2D eigenvalue weighted by molar-refractivity contribution is -0.387. The Bertz CT molecular complexity index is 1840. The highest BCUT2D eigenvalue weighted by Gasteiger charge is 2.91. The van der Waals surface area contributed by atoms with Crippen molar-refractivity contribution in [2.45, 2.75) is 134 Å². The number of hydrogen-bond acceptors (Lipinski definition) is 19. The van der Waals surface area contributed by atoms with E-state index >= 15 is 0 Å². The summed E-state index contributed by atoms with van der Waals surface area (Å²) in [7, 11) is 0. The second-order valence-corrected chi connectivity index (χ2v) is 16.0. The van der Waals surface area contributed by atoms with E-state index in [4.69, 9.17) is 37.9 Å². The van der Waals surface area contributed by atoms with Gasteiger partial charge in [-0.1, -0.05) is 13.8 Å². The second kappa shape index (κ2) is 14.9. The molecule has 5 rings (SSSR count). The van der Waals surface area contributed by atoms with Crippen LogP contribution in [0.2, 0.25) is 0 Å². The molecule has 0 aromatic carbocycles. The third kappa shape index (κ3) is 6.71. The molecule has 3 heterocycles. The molecule has 1 aromatic heterocycles. The first-order chi connectivity index (χ1) is 26.3. The maximum atomic E-state index is 14.1. The van der Waals surface area contributed by atoms with Crippen molar-refractivity contribution in [3.63, 3.8) is 0 Å². The molecule has 4 bridgehead atoms. The molecule has 0 amide bonds. The average Bonchev–Trinajstić information content (AvgIpc) is 3.32. The Hall–Kier alpha value is -4.72. The average molecular weight is 808 g/mol. The van der Waals surface area contributed by atoms with Gasteiger partial charge in [-0.3, -0.25) is 29.0 Å². The number of fused-ring (bicyclic) bond motifs is 5. The fourth-order valence-corrected chi connectivity index (χ4v) is 9.25. The Kier molecular flexibility index (Phi) is 11.3. The first-order valence-corrected chi connectivity index (χ1v) is 18.3. The highest BCUT2D eigenvalue weighted by atomic mass is 16.7. The number of aliphatic hydroxyl groups excluding tert-OH is 2. The summed E-state index contributed by atoms with van der Waals surface area (Å²) in [5.74, 6) is -11.0. The smallest absolute Gasteiger partial charge is 0.350 e. The van der Waals surface area contributed by atoms with E-state index in [9.17, 15) is 48.9 Å². The predicted molar refractivity (Wildman–Crippen MR) is 186 cm³/mol. The van der Waals surface area contributed by atoms with Gasteiger partial charge in [0, 0.05) is 39.8 Å². The summed E-state index contributed by atoms with van der Waals surface area (Å²) in [5, 5.41) is 37.3. The molecular formula is C38H49NO18. The van der Waals surface area contributed by atoms with E-state index in [1.807, 2.05) is 0 Å². The first kappa shape index (κ1) is 43.4. The van der Waals surface area contributed by atoms with Gasteiger partial charge >= 0.3 is 41.8 Å². The zero-order valence-electron chi connectivity index (χ0n) is 33.3. The molecule has 0 unspecified atom stereocenters. The summed E-state index contributed by atoms with van der Waals surface area (Å²) in [4.78, 5) is 97.8. The molecule has 1 aromatic rings. The van der Waals surface area contributed by atoms with Crippen molar-refractivity contribution < 1.29 is 86.8 Å². The lowest BCUT2D eigenvalue weighted by atomic mass is 9.45. The molecule has 314 valence electrons. The number of cyclic esters (lactones) is 1. The van der Waals surface area contributed by atoms with Crippen LogP contribution in [0.5, 0.6) is 0 Å². The zero-order chi connectivity index (χ0) is 42.8. The number of aliphatic hydroxyl groups is 3. The van der Waals surface area contributed by atoms with E-state index in [-0.39, 0.29) is 11.3 Å². The summed E-state index contributed by atoms with van der Waals surface area (Å²) >= 11 is 0. The Morgan fingerprint density at radius 2 is 1.49 bits per heavy atom. The van der Waals surface area contributed by atoms with E-state index in [2.05, 4.69) is 4.98 Å². The number of pyridine rings is 1. The molecule has 19 heteroatoms. The number of rotatable bonds is 7. The van der Waals surface area contributed by atoms with Crippen LogP contribution < -0.4 is 0 Å². The quantitative estimate of drug-likeness (QED) is 0.246. The van der Waals surface area contributed by atoms with Crippen molar-refractivity contribution in [3.05, 3.63) is 29.6 Å². The maximum Gasteiger partial charge on any atom is 0.350 e. The Balaban J connectivity index is 1.93. The number of carbonyl (C=O) groups is 7. The highest BCUT2D eigenvalue weighted by molar-refractivity contribution is 5.91. The molecule has 57 heavy (non-hydrogen) atoms. The van der Waals surface area contributed by atoms with Gasteiger partial charge in [0.15, 0.2) is 17.8 Å². The van der Waals surface area contributed by atoms with Crippen LogP contribution >= 0.6 is 0 Å². The third-order valence-corrected chi connectivity index (χ3v) is 11.7. The van der Waals surface area contributed by atoms with E-state index in [0.29, 0.717) is 0 Å². The molecule has 2 aliphatic heterocycles. The fraction of sp³-hybridized carbons (Fsp3) is 0.684. The van der Waals surface area contributed by atoms with Crippen LogP contribution in [0.1, 0.15) is 91.2 Å². The Morgan fingerprint density at radius 1 is 0.895 bits per heavy atom. The van der Waals surface area contributed by atoms with Crippen LogP contribution in [0.25, 0.3) is 0 Å². The second-order valence-electron chi connectivity index (χ2n) is 16.0. The number of nitrogens with zero attached hydrogens (tertiary/aromatic N) is 1. The summed E-state index contributed by atoms with van der Waals surface area (Å²) in [6, 6.07) is 2.87. The zero-order valence-corrected chi connectivity index (χ0v) is 33.3. The molecule has 0 radical (unpaired) electrons. The standard InChI is InChI=1S/C38H49NO18/c1-16-17(2)31(46)54-28-25(45)29(53-20(5)43)37(14-40)30(55-33(48)34(7,8)56-21(6)44)26(51-18(3)41)23-27(52-19(4)42)38(37,36(28,10)49)57-35(23,9)15-50-32(47)22-12-11-13-39-24(16)22/h11-13,16-17,23,25-30,40,45,49H,14-15H2,1-10H3/t16-,17-,23+,25-,26+,27+,28-,29-,30+,35-,36+,37-,38-/m0/s1. The van der Waals surface area contributed by atoms with Gasteiger partial charge in [-0.15, -0.1) is 0 Å². The van der Waals surface area contributed by atoms with Gasteiger partial charge in [-0.25, -0.2) is 9.59 Å². The lowest BCUT2D eigenvalue weighted by Crippen LogP contribution is -2.89. The number of ether oxygens (including phenoxy) is 8. The van der Waals surface area contributed by atoms with Crippen molar-refractivity contribution in [3.8, 4) is 0 Å². The van der Waals surface area contributed by atoms with E-state index < -0.39 is 137 Å². The maximum absolute atomic E-state index is 14.1. The van der Waals surface area contributed by atoms with Gasteiger partial charge in [0.05, 0.1) is 29.7 Å². The molecule has 1 saturated heterocycles. The summed E-state index contributed by atoms with van der Waals surface area (Å²) in [6.07, 6.45) is -11.2. The number of aromatic nitrogens is 1. The molecular weight excluding hydrogens is 758 g/mol. The van der Waals surface area contributed by atoms with Crippen molar-refractivity contribution in [1.29, 1.82) is 0 Å². The molecule has 1 spiro atoms. The minimum Gasteiger partial charge on any atom is -0.459 e. The van der Waals surface area contributed by atoms with Crippen LogP contribution in [0, 0.1) is 17.3 Å². The topological polar surface area (TPSA) is 267 Å². The number of esters is 7. The molecule has 2 saturated carbocycles. The summed E-state index contributed by atoms with van der Waals surface area (Å²) in [6.45, 7) is 9.53. The van der Waals surface area contributed by atoms with Gasteiger partial charge < -0.3 is 53.2 Å². The number of hydrogen-bond donors (Lipinski definition) is 3. The molecule has 13 atom stereocenters. The fourth-order valence-electron chi connectivity index (χ4n) is 9.25. The summed E-state index contributed by atoms with van der Waals surface area (Å²) < 4.78 is 47.5. The van der Waals surface area contributed by atoms with Crippen molar-refractivity contribution in [2.75, 3.05) is 13.2 Å². The number of carbonyl (C=O) groups excluding carboxylic acids is 7. The Morgan fingerprint density at radius 3 is 2.05 bits per heavy atom. The molecule has 4 aliphatic rings. The van der Waals surface area contributed by atoms with Crippen LogP contribution in [0.3, 0.4) is 0 Å². The van der Waals surface area contributed by atoms with Gasteiger partial charge in [0.25, 0.3) is 0 Å². The largest absolute Gasteiger partial charge is 0.459 e. The predicted octanol–water partition coefficient (Wildman–Crippen LogP) is 0.214. The van der Waals surface area contributed by atoms with Gasteiger partial charge in [-0.2, -0.15) is 0 Å². The first-order valence-electron chi connectivity index (χ1n) is 18.3. The monoisotopic (exact) mass is 807 g/mol. The SMILES string of the molecule is CC(=O)O[C@@H]1[C@@H]2[C@@H](OC(C)=O)[C@@]34O[C@@]2(C)COC(=O)c2cccnc2[C@@H](C)[C@H](C)C(=O)O[C@@H]([C@H](O)[C@H](OC(C)=O)[C@@]3(CO)[C@@H]1OC(=O)C(C)(C)OC(C)=O)[C@@]4(C)O. The lowest BCUT2D eigenvalue weighted by Gasteiger charge is -2.67. The van der Waals surface area contributed by atoms with E-state index in [1.165, 1.54) is 46.0 Å². The molecule has 19 nitrogen and oxygen atoms in total. The van der Waals surface area contributed by atoms with Crippen LogP contribution in [0.15, 0.2) is 18.3 Å². The molecule has 3 N–H and O–H groups in total. The molecule has 2 aliphatic carbocycles. The van der Waals surface area contributed by atoms with Gasteiger partial charge in [-0.05, 0) is 39.8 Å². The van der Waals surface area contributed by atoms with Crippen molar-refractivity contribution >= 4 is 41.8 Å². The molecule has 3 fully saturated rings. The Labute approximate surface area is 327 Å². The van der Waals surface area contributed by atoms with Crippen LogP contribution in [-0.2, 0) is 66.7 Å². The van der Waals surface area contributed by atoms with Crippen molar-refractivity contribution in [1.82, 2.24) is 4.98 Å².